The molecular weight excluding hydrogens is 257 g/mol. The molecule has 0 aliphatic carbocycles. The molecule has 0 spiro atoms. The van der Waals surface area contributed by atoms with Gasteiger partial charge in [0.25, 0.3) is 5.91 Å². The van der Waals surface area contributed by atoms with Gasteiger partial charge >= 0.3 is 0 Å². The van der Waals surface area contributed by atoms with Crippen molar-refractivity contribution in [3.63, 3.8) is 0 Å². The summed E-state index contributed by atoms with van der Waals surface area (Å²) in [6, 6.07) is 5.41. The summed E-state index contributed by atoms with van der Waals surface area (Å²) >= 11 is 4.78. The quantitative estimate of drug-likeness (QED) is 0.558. The molecular formula is C11H14FN3O2S. The zero-order valence-electron chi connectivity index (χ0n) is 9.99. The number of thiocarbonyl (C=S) groups is 1. The first-order chi connectivity index (χ1) is 8.52. The molecule has 0 bridgehead atoms. The van der Waals surface area contributed by atoms with Gasteiger partial charge in [0.2, 0.25) is 0 Å². The molecule has 0 heterocycles. The number of ether oxygens (including phenoxy) is 1. The summed E-state index contributed by atoms with van der Waals surface area (Å²) in [6.07, 6.45) is -0.734. The van der Waals surface area contributed by atoms with E-state index in [9.17, 15) is 9.18 Å². The number of rotatable bonds is 3. The standard InChI is InChI=1S/C11H14FN3O2S/c1-7(10(16)14-15-11(18)13-2)17-9-5-3-8(12)4-6-9/h3-7H,1-2H3,(H,14,16)(H2,13,15,18). The second kappa shape index (κ2) is 6.75. The molecule has 0 saturated carbocycles. The molecule has 1 atom stereocenters. The van der Waals surface area contributed by atoms with Gasteiger partial charge in [0, 0.05) is 7.05 Å². The zero-order chi connectivity index (χ0) is 13.5. The molecule has 5 nitrogen and oxygen atoms in total. The average molecular weight is 271 g/mol. The van der Waals surface area contributed by atoms with Crippen molar-refractivity contribution >= 4 is 23.2 Å². The molecule has 18 heavy (non-hydrogen) atoms. The highest BCUT2D eigenvalue weighted by atomic mass is 32.1. The van der Waals surface area contributed by atoms with Gasteiger partial charge in [0.1, 0.15) is 11.6 Å². The number of carbonyl (C=O) groups is 1. The first kappa shape index (κ1) is 14.2. The van der Waals surface area contributed by atoms with Crippen LogP contribution in [0.15, 0.2) is 24.3 Å². The fourth-order valence-electron chi connectivity index (χ4n) is 1.05. The van der Waals surface area contributed by atoms with Crippen LogP contribution in [0.1, 0.15) is 6.92 Å². The van der Waals surface area contributed by atoms with Crippen LogP contribution in [0.4, 0.5) is 4.39 Å². The van der Waals surface area contributed by atoms with Crippen LogP contribution in [-0.4, -0.2) is 24.2 Å². The summed E-state index contributed by atoms with van der Waals surface area (Å²) < 4.78 is 18.0. The second-order valence-electron chi connectivity index (χ2n) is 3.41. The van der Waals surface area contributed by atoms with Crippen molar-refractivity contribution in [2.75, 3.05) is 7.05 Å². The van der Waals surface area contributed by atoms with E-state index in [4.69, 9.17) is 17.0 Å². The maximum atomic E-state index is 12.7. The number of amides is 1. The first-order valence-corrected chi connectivity index (χ1v) is 5.63. The fraction of sp³-hybridized carbons (Fsp3) is 0.273. The summed E-state index contributed by atoms with van der Waals surface area (Å²) in [5.74, 6) is -0.340. The van der Waals surface area contributed by atoms with Crippen molar-refractivity contribution < 1.29 is 13.9 Å². The van der Waals surface area contributed by atoms with Crippen LogP contribution in [0.25, 0.3) is 0 Å². The predicted molar refractivity (Wildman–Crippen MR) is 69.4 cm³/mol. The van der Waals surface area contributed by atoms with Gasteiger partial charge in [-0.3, -0.25) is 15.6 Å². The lowest BCUT2D eigenvalue weighted by molar-refractivity contribution is -0.127. The Labute approximate surface area is 110 Å². The minimum absolute atomic E-state index is 0.289. The SMILES string of the molecule is CNC(=S)NNC(=O)C(C)Oc1ccc(F)cc1. The van der Waals surface area contributed by atoms with Crippen molar-refractivity contribution in [1.29, 1.82) is 0 Å². The second-order valence-corrected chi connectivity index (χ2v) is 3.82. The highest BCUT2D eigenvalue weighted by Crippen LogP contribution is 2.12. The summed E-state index contributed by atoms with van der Waals surface area (Å²) in [6.45, 7) is 1.57. The average Bonchev–Trinajstić information content (AvgIpc) is 2.38. The largest absolute Gasteiger partial charge is 0.481 e. The van der Waals surface area contributed by atoms with Crippen LogP contribution in [0.5, 0.6) is 5.75 Å². The summed E-state index contributed by atoms with van der Waals surface area (Å²) in [4.78, 5) is 11.6. The van der Waals surface area contributed by atoms with Gasteiger partial charge in [0.15, 0.2) is 11.2 Å². The Morgan fingerprint density at radius 2 is 1.94 bits per heavy atom. The van der Waals surface area contributed by atoms with Crippen molar-refractivity contribution in [3.05, 3.63) is 30.1 Å². The van der Waals surface area contributed by atoms with Gasteiger partial charge in [-0.25, -0.2) is 4.39 Å². The minimum Gasteiger partial charge on any atom is -0.481 e. The van der Waals surface area contributed by atoms with E-state index < -0.39 is 12.0 Å². The topological polar surface area (TPSA) is 62.4 Å². The van der Waals surface area contributed by atoms with Crippen LogP contribution in [0.2, 0.25) is 0 Å². The van der Waals surface area contributed by atoms with Gasteiger partial charge in [-0.2, -0.15) is 0 Å². The molecule has 7 heteroatoms. The van der Waals surface area contributed by atoms with E-state index in [0.717, 1.165) is 0 Å². The van der Waals surface area contributed by atoms with E-state index in [1.807, 2.05) is 0 Å². The van der Waals surface area contributed by atoms with Crippen LogP contribution in [0.3, 0.4) is 0 Å². The summed E-state index contributed by atoms with van der Waals surface area (Å²) in [5, 5.41) is 2.93. The lowest BCUT2D eigenvalue weighted by Gasteiger charge is -2.15. The predicted octanol–water partition coefficient (Wildman–Crippen LogP) is 0.718. The number of hydrogen-bond acceptors (Lipinski definition) is 3. The Kier molecular flexibility index (Phi) is 5.31. The van der Waals surface area contributed by atoms with E-state index in [0.29, 0.717) is 5.75 Å². The number of carbonyl (C=O) groups excluding carboxylic acids is 1. The maximum absolute atomic E-state index is 12.7. The maximum Gasteiger partial charge on any atom is 0.279 e. The van der Waals surface area contributed by atoms with Gasteiger partial charge in [-0.05, 0) is 43.4 Å². The number of benzene rings is 1. The molecule has 0 radical (unpaired) electrons. The van der Waals surface area contributed by atoms with E-state index in [2.05, 4.69) is 16.2 Å². The van der Waals surface area contributed by atoms with E-state index in [1.54, 1.807) is 14.0 Å². The molecule has 0 aliphatic heterocycles. The summed E-state index contributed by atoms with van der Waals surface area (Å²) in [5.41, 5.74) is 4.86. The third-order valence-electron chi connectivity index (χ3n) is 2.02. The lowest BCUT2D eigenvalue weighted by Crippen LogP contribution is -2.49. The number of halogens is 1. The smallest absolute Gasteiger partial charge is 0.279 e. The lowest BCUT2D eigenvalue weighted by atomic mass is 10.3. The van der Waals surface area contributed by atoms with Crippen LogP contribution >= 0.6 is 12.2 Å². The van der Waals surface area contributed by atoms with E-state index in [-0.39, 0.29) is 10.9 Å². The normalized spacial score (nSPS) is 11.3. The van der Waals surface area contributed by atoms with Crippen molar-refractivity contribution in [1.82, 2.24) is 16.2 Å². The first-order valence-electron chi connectivity index (χ1n) is 5.22. The fourth-order valence-corrected chi connectivity index (χ4v) is 1.10. The molecule has 1 aromatic rings. The van der Waals surface area contributed by atoms with Crippen molar-refractivity contribution in [2.45, 2.75) is 13.0 Å². The van der Waals surface area contributed by atoms with Crippen LogP contribution in [0, 0.1) is 5.82 Å². The number of hydrazine groups is 1. The Balaban J connectivity index is 2.44. The highest BCUT2D eigenvalue weighted by Gasteiger charge is 2.14. The van der Waals surface area contributed by atoms with Gasteiger partial charge in [-0.15, -0.1) is 0 Å². The Bertz CT molecular complexity index is 425. The third kappa shape index (κ3) is 4.54. The number of hydrogen-bond donors (Lipinski definition) is 3. The minimum atomic E-state index is -0.734. The Morgan fingerprint density at radius 1 is 1.33 bits per heavy atom. The molecule has 0 aliphatic rings. The van der Waals surface area contributed by atoms with Crippen LogP contribution < -0.4 is 20.9 Å². The Hall–Kier alpha value is -1.89. The molecule has 0 aromatic heterocycles. The Morgan fingerprint density at radius 3 is 2.50 bits per heavy atom. The van der Waals surface area contributed by atoms with Gasteiger partial charge < -0.3 is 10.1 Å². The molecule has 1 amide bonds. The molecule has 0 saturated heterocycles. The molecule has 3 N–H and O–H groups in total. The van der Waals surface area contributed by atoms with Crippen molar-refractivity contribution in [2.24, 2.45) is 0 Å². The summed E-state index contributed by atoms with van der Waals surface area (Å²) in [7, 11) is 1.62. The molecule has 1 rings (SSSR count). The zero-order valence-corrected chi connectivity index (χ0v) is 10.8. The molecule has 98 valence electrons. The highest BCUT2D eigenvalue weighted by molar-refractivity contribution is 7.80. The third-order valence-corrected chi connectivity index (χ3v) is 2.33. The number of nitrogens with one attached hydrogen (secondary N) is 3. The monoisotopic (exact) mass is 271 g/mol. The van der Waals surface area contributed by atoms with E-state index >= 15 is 0 Å². The van der Waals surface area contributed by atoms with Gasteiger partial charge in [-0.1, -0.05) is 0 Å². The van der Waals surface area contributed by atoms with Crippen molar-refractivity contribution in [3.8, 4) is 5.75 Å². The van der Waals surface area contributed by atoms with Crippen LogP contribution in [-0.2, 0) is 4.79 Å². The van der Waals surface area contributed by atoms with E-state index in [1.165, 1.54) is 24.3 Å². The van der Waals surface area contributed by atoms with Gasteiger partial charge in [0.05, 0.1) is 0 Å². The molecule has 0 fully saturated rings. The molecule has 1 unspecified atom stereocenters. The molecule has 1 aromatic carbocycles.